The maximum Gasteiger partial charge on any atom is 0.134 e. The van der Waals surface area contributed by atoms with E-state index in [9.17, 15) is 0 Å². The molecule has 0 saturated carbocycles. The number of hydrogen-bond donors (Lipinski definition) is 0. The molecule has 0 radical (unpaired) electrons. The number of furan rings is 1. The summed E-state index contributed by atoms with van der Waals surface area (Å²) in [4.78, 5) is 2.34. The van der Waals surface area contributed by atoms with Gasteiger partial charge in [0.15, 0.2) is 0 Å². The van der Waals surface area contributed by atoms with E-state index < -0.39 is 0 Å². The normalized spacial score (nSPS) is 17.4. The van der Waals surface area contributed by atoms with Crippen LogP contribution in [0, 0.1) is 6.92 Å². The Bertz CT molecular complexity index is 580. The van der Waals surface area contributed by atoms with Crippen molar-refractivity contribution in [2.75, 3.05) is 20.1 Å². The van der Waals surface area contributed by atoms with Gasteiger partial charge in [-0.05, 0) is 49.7 Å². The van der Waals surface area contributed by atoms with E-state index in [2.05, 4.69) is 42.3 Å². The molecule has 2 heterocycles. The zero-order valence-corrected chi connectivity index (χ0v) is 10.4. The van der Waals surface area contributed by atoms with Crippen molar-refractivity contribution < 1.29 is 4.42 Å². The summed E-state index contributed by atoms with van der Waals surface area (Å²) in [5, 5.41) is 1.21. The average molecular weight is 227 g/mol. The van der Waals surface area contributed by atoms with Gasteiger partial charge in [0.05, 0.1) is 0 Å². The van der Waals surface area contributed by atoms with Crippen molar-refractivity contribution in [2.45, 2.75) is 13.3 Å². The third-order valence-electron chi connectivity index (χ3n) is 3.42. The summed E-state index contributed by atoms with van der Waals surface area (Å²) in [5.41, 5.74) is 3.79. The highest BCUT2D eigenvalue weighted by Gasteiger charge is 2.10. The summed E-state index contributed by atoms with van der Waals surface area (Å²) in [6.07, 6.45) is 3.47. The Kier molecular flexibility index (Phi) is 2.52. The lowest BCUT2D eigenvalue weighted by molar-refractivity contribution is 0.370. The quantitative estimate of drug-likeness (QED) is 0.741. The number of hydrogen-bond acceptors (Lipinski definition) is 2. The molecule has 0 atom stereocenters. The minimum Gasteiger partial charge on any atom is -0.461 e. The molecule has 88 valence electrons. The molecule has 0 amide bonds. The molecule has 2 aromatic rings. The Labute approximate surface area is 102 Å². The van der Waals surface area contributed by atoms with E-state index in [1.54, 1.807) is 0 Å². The van der Waals surface area contributed by atoms with Crippen molar-refractivity contribution in [3.05, 3.63) is 41.7 Å². The van der Waals surface area contributed by atoms with E-state index >= 15 is 0 Å². The van der Waals surface area contributed by atoms with E-state index in [0.29, 0.717) is 0 Å². The van der Waals surface area contributed by atoms with Gasteiger partial charge in [-0.25, -0.2) is 0 Å². The van der Waals surface area contributed by atoms with Crippen LogP contribution in [0.5, 0.6) is 0 Å². The number of fused-ring (bicyclic) bond motifs is 1. The van der Waals surface area contributed by atoms with Crippen molar-refractivity contribution >= 4 is 16.5 Å². The van der Waals surface area contributed by atoms with E-state index in [1.165, 1.54) is 16.5 Å². The maximum atomic E-state index is 5.60. The van der Waals surface area contributed by atoms with E-state index in [0.717, 1.165) is 30.9 Å². The largest absolute Gasteiger partial charge is 0.461 e. The van der Waals surface area contributed by atoms with Crippen LogP contribution in [0.3, 0.4) is 0 Å². The summed E-state index contributed by atoms with van der Waals surface area (Å²) in [5.74, 6) is 0.981. The fourth-order valence-corrected chi connectivity index (χ4v) is 2.41. The highest BCUT2D eigenvalue weighted by atomic mass is 16.3. The van der Waals surface area contributed by atoms with Crippen LogP contribution in [0.2, 0.25) is 0 Å². The lowest BCUT2D eigenvalue weighted by atomic mass is 9.99. The first-order valence-corrected chi connectivity index (χ1v) is 6.10. The maximum absolute atomic E-state index is 5.60. The average Bonchev–Trinajstić information content (AvgIpc) is 2.69. The van der Waals surface area contributed by atoms with Gasteiger partial charge in [-0.2, -0.15) is 0 Å². The Morgan fingerprint density at radius 1 is 1.24 bits per heavy atom. The lowest BCUT2D eigenvalue weighted by Gasteiger charge is -2.22. The fraction of sp³-hybridized carbons (Fsp3) is 0.333. The molecule has 1 aromatic carbocycles. The van der Waals surface area contributed by atoms with Gasteiger partial charge in [0.1, 0.15) is 11.3 Å². The number of benzene rings is 1. The molecule has 0 bridgehead atoms. The third kappa shape index (κ3) is 2.01. The highest BCUT2D eigenvalue weighted by Crippen LogP contribution is 2.27. The number of likely N-dealkylation sites (N-methyl/N-ethyl adjacent to an activating group) is 1. The second kappa shape index (κ2) is 4.04. The number of rotatable bonds is 1. The van der Waals surface area contributed by atoms with Crippen LogP contribution in [0.4, 0.5) is 0 Å². The van der Waals surface area contributed by atoms with Gasteiger partial charge in [0.25, 0.3) is 0 Å². The number of nitrogens with zero attached hydrogens (tertiary/aromatic N) is 1. The molecule has 0 spiro atoms. The Morgan fingerprint density at radius 2 is 2.12 bits per heavy atom. The van der Waals surface area contributed by atoms with Crippen LogP contribution in [-0.2, 0) is 0 Å². The first-order chi connectivity index (χ1) is 8.22. The topological polar surface area (TPSA) is 16.4 Å². The molecule has 3 rings (SSSR count). The molecule has 0 saturated heterocycles. The molecule has 1 aliphatic rings. The van der Waals surface area contributed by atoms with Crippen molar-refractivity contribution in [1.29, 1.82) is 0 Å². The second-order valence-electron chi connectivity index (χ2n) is 4.85. The highest BCUT2D eigenvalue weighted by molar-refractivity contribution is 5.83. The van der Waals surface area contributed by atoms with E-state index in [-0.39, 0.29) is 0 Å². The van der Waals surface area contributed by atoms with Gasteiger partial charge < -0.3 is 9.32 Å². The molecule has 0 fully saturated rings. The first kappa shape index (κ1) is 10.6. The summed E-state index contributed by atoms with van der Waals surface area (Å²) < 4.78 is 5.60. The molecular weight excluding hydrogens is 210 g/mol. The van der Waals surface area contributed by atoms with Crippen LogP contribution in [-0.4, -0.2) is 25.0 Å². The Hall–Kier alpha value is -1.54. The van der Waals surface area contributed by atoms with Crippen molar-refractivity contribution in [3.8, 4) is 0 Å². The summed E-state index contributed by atoms with van der Waals surface area (Å²) >= 11 is 0. The summed E-state index contributed by atoms with van der Waals surface area (Å²) in [7, 11) is 2.16. The van der Waals surface area contributed by atoms with Gasteiger partial charge in [0.2, 0.25) is 0 Å². The smallest absolute Gasteiger partial charge is 0.134 e. The molecule has 17 heavy (non-hydrogen) atoms. The molecule has 2 heteroatoms. The third-order valence-corrected chi connectivity index (χ3v) is 3.42. The van der Waals surface area contributed by atoms with Gasteiger partial charge in [-0.15, -0.1) is 0 Å². The standard InChI is InChI=1S/C15H17NO/c1-11-9-14-10-13(3-4-15(14)17-11)12-5-7-16(2)8-6-12/h3-5,9-10H,6-8H2,1-2H3. The van der Waals surface area contributed by atoms with E-state index in [4.69, 9.17) is 4.42 Å². The van der Waals surface area contributed by atoms with Crippen molar-refractivity contribution in [3.63, 3.8) is 0 Å². The Morgan fingerprint density at radius 3 is 2.88 bits per heavy atom. The first-order valence-electron chi connectivity index (χ1n) is 6.10. The van der Waals surface area contributed by atoms with Gasteiger partial charge in [0, 0.05) is 18.5 Å². The van der Waals surface area contributed by atoms with Gasteiger partial charge >= 0.3 is 0 Å². The van der Waals surface area contributed by atoms with Crippen LogP contribution in [0.1, 0.15) is 17.7 Å². The molecule has 0 unspecified atom stereocenters. The van der Waals surface area contributed by atoms with E-state index in [1.807, 2.05) is 6.92 Å². The van der Waals surface area contributed by atoms with Crippen LogP contribution in [0.25, 0.3) is 16.5 Å². The Balaban J connectivity index is 2.00. The van der Waals surface area contributed by atoms with Crippen molar-refractivity contribution in [1.82, 2.24) is 4.90 Å². The fourth-order valence-electron chi connectivity index (χ4n) is 2.41. The predicted molar refractivity (Wildman–Crippen MR) is 71.0 cm³/mol. The lowest BCUT2D eigenvalue weighted by Crippen LogP contribution is -2.23. The zero-order chi connectivity index (χ0) is 11.8. The van der Waals surface area contributed by atoms with Crippen molar-refractivity contribution in [2.24, 2.45) is 0 Å². The minimum absolute atomic E-state index is 0.981. The molecule has 0 aliphatic carbocycles. The molecular formula is C15H17NO. The SMILES string of the molecule is Cc1cc2cc(C3=CCN(C)CC3)ccc2o1. The zero-order valence-electron chi connectivity index (χ0n) is 10.4. The molecule has 1 aromatic heterocycles. The minimum atomic E-state index is 0.981. The monoisotopic (exact) mass is 227 g/mol. The van der Waals surface area contributed by atoms with Crippen LogP contribution < -0.4 is 0 Å². The van der Waals surface area contributed by atoms with Crippen LogP contribution >= 0.6 is 0 Å². The molecule has 1 aliphatic heterocycles. The predicted octanol–water partition coefficient (Wildman–Crippen LogP) is 3.46. The molecule has 0 N–H and O–H groups in total. The second-order valence-corrected chi connectivity index (χ2v) is 4.85. The molecule has 2 nitrogen and oxygen atoms in total. The van der Waals surface area contributed by atoms with Gasteiger partial charge in [-0.3, -0.25) is 0 Å². The summed E-state index contributed by atoms with van der Waals surface area (Å²) in [6, 6.07) is 8.59. The van der Waals surface area contributed by atoms with Crippen LogP contribution in [0.15, 0.2) is 34.8 Å². The number of aryl methyl sites for hydroxylation is 1. The summed E-state index contributed by atoms with van der Waals surface area (Å²) in [6.45, 7) is 4.20. The van der Waals surface area contributed by atoms with Gasteiger partial charge in [-0.1, -0.05) is 12.1 Å².